The molecule has 146 valence electrons. The van der Waals surface area contributed by atoms with Gasteiger partial charge in [0.15, 0.2) is 0 Å². The number of piperidine rings is 1. The third kappa shape index (κ3) is 4.80. The molecule has 0 aromatic heterocycles. The molecule has 1 aliphatic heterocycles. The second-order valence-electron chi connectivity index (χ2n) is 8.65. The maximum absolute atomic E-state index is 11.0. The van der Waals surface area contributed by atoms with Crippen LogP contribution in [0.1, 0.15) is 59.3 Å². The van der Waals surface area contributed by atoms with Crippen molar-refractivity contribution in [2.45, 2.75) is 66.0 Å². The second kappa shape index (κ2) is 8.58. The van der Waals surface area contributed by atoms with E-state index in [-0.39, 0.29) is 6.04 Å². The summed E-state index contributed by atoms with van der Waals surface area (Å²) in [6.07, 6.45) is 3.20. The SMILES string of the molecule is Cc1ccc(CC2CCN([C@@H](C)[C@H](O)c3cc(C)c(C)cc3C)CC2)cc1. The lowest BCUT2D eigenvalue weighted by Crippen LogP contribution is -2.43. The molecule has 1 heterocycles. The van der Waals surface area contributed by atoms with Gasteiger partial charge in [-0.2, -0.15) is 0 Å². The van der Waals surface area contributed by atoms with Gasteiger partial charge in [-0.05, 0) is 101 Å². The van der Waals surface area contributed by atoms with Crippen molar-refractivity contribution < 1.29 is 5.11 Å². The van der Waals surface area contributed by atoms with Crippen LogP contribution in [-0.2, 0) is 6.42 Å². The van der Waals surface area contributed by atoms with E-state index in [4.69, 9.17) is 0 Å². The zero-order valence-corrected chi connectivity index (χ0v) is 17.6. The van der Waals surface area contributed by atoms with E-state index in [1.165, 1.54) is 47.1 Å². The molecule has 0 unspecified atom stereocenters. The van der Waals surface area contributed by atoms with Crippen LogP contribution in [0, 0.1) is 33.6 Å². The molecule has 3 rings (SSSR count). The standard InChI is InChI=1S/C25H35NO/c1-17-6-8-22(9-7-17)16-23-10-12-26(13-11-23)21(5)25(27)24-15-19(3)18(2)14-20(24)4/h6-9,14-15,21,23,25,27H,10-13,16H2,1-5H3/t21-,25-/m0/s1. The van der Waals surface area contributed by atoms with E-state index in [1.54, 1.807) is 0 Å². The van der Waals surface area contributed by atoms with Crippen LogP contribution in [0.3, 0.4) is 0 Å². The van der Waals surface area contributed by atoms with E-state index in [9.17, 15) is 5.11 Å². The number of hydrogen-bond acceptors (Lipinski definition) is 2. The van der Waals surface area contributed by atoms with Crippen molar-refractivity contribution in [2.24, 2.45) is 5.92 Å². The van der Waals surface area contributed by atoms with Gasteiger partial charge in [0.2, 0.25) is 0 Å². The Morgan fingerprint density at radius 1 is 0.926 bits per heavy atom. The molecule has 1 N–H and O–H groups in total. The monoisotopic (exact) mass is 365 g/mol. The van der Waals surface area contributed by atoms with Crippen LogP contribution in [0.25, 0.3) is 0 Å². The minimum Gasteiger partial charge on any atom is -0.387 e. The van der Waals surface area contributed by atoms with Crippen molar-refractivity contribution in [1.82, 2.24) is 4.90 Å². The Morgan fingerprint density at radius 3 is 2.15 bits per heavy atom. The molecule has 1 saturated heterocycles. The highest BCUT2D eigenvalue weighted by Crippen LogP contribution is 2.30. The lowest BCUT2D eigenvalue weighted by molar-refractivity contribution is 0.0370. The average molecular weight is 366 g/mol. The molecular weight excluding hydrogens is 330 g/mol. The number of benzene rings is 2. The molecule has 2 heteroatoms. The maximum atomic E-state index is 11.0. The zero-order chi connectivity index (χ0) is 19.6. The molecule has 0 bridgehead atoms. The van der Waals surface area contributed by atoms with Crippen LogP contribution in [0.5, 0.6) is 0 Å². The van der Waals surface area contributed by atoms with Crippen molar-refractivity contribution >= 4 is 0 Å². The van der Waals surface area contributed by atoms with Crippen LogP contribution < -0.4 is 0 Å². The Kier molecular flexibility index (Phi) is 6.39. The first-order valence-corrected chi connectivity index (χ1v) is 10.4. The van der Waals surface area contributed by atoms with Gasteiger partial charge in [-0.3, -0.25) is 4.90 Å². The van der Waals surface area contributed by atoms with Gasteiger partial charge in [0.1, 0.15) is 0 Å². The number of rotatable bonds is 5. The minimum absolute atomic E-state index is 0.158. The molecule has 27 heavy (non-hydrogen) atoms. The largest absolute Gasteiger partial charge is 0.387 e. The molecule has 0 radical (unpaired) electrons. The predicted octanol–water partition coefficient (Wildman–Crippen LogP) is 5.30. The van der Waals surface area contributed by atoms with Gasteiger partial charge < -0.3 is 5.11 Å². The van der Waals surface area contributed by atoms with Gasteiger partial charge in [-0.1, -0.05) is 42.0 Å². The fourth-order valence-corrected chi connectivity index (χ4v) is 4.38. The predicted molar refractivity (Wildman–Crippen MR) is 114 cm³/mol. The van der Waals surface area contributed by atoms with Crippen molar-refractivity contribution in [3.63, 3.8) is 0 Å². The van der Waals surface area contributed by atoms with Crippen molar-refractivity contribution in [3.8, 4) is 0 Å². The van der Waals surface area contributed by atoms with Crippen molar-refractivity contribution in [3.05, 3.63) is 69.8 Å². The highest BCUT2D eigenvalue weighted by Gasteiger charge is 2.28. The number of aryl methyl sites for hydroxylation is 4. The van der Waals surface area contributed by atoms with Gasteiger partial charge in [0, 0.05) is 6.04 Å². The zero-order valence-electron chi connectivity index (χ0n) is 17.6. The normalized spacial score (nSPS) is 18.4. The number of nitrogens with zero attached hydrogens (tertiary/aromatic N) is 1. The van der Waals surface area contributed by atoms with Crippen LogP contribution in [0.15, 0.2) is 36.4 Å². The molecule has 0 amide bonds. The first-order chi connectivity index (χ1) is 12.8. The molecule has 1 aliphatic rings. The van der Waals surface area contributed by atoms with E-state index in [0.717, 1.165) is 24.6 Å². The lowest BCUT2D eigenvalue weighted by atomic mass is 9.88. The Bertz CT molecular complexity index is 757. The van der Waals surface area contributed by atoms with Crippen LogP contribution >= 0.6 is 0 Å². The number of aliphatic hydroxyl groups excluding tert-OH is 1. The van der Waals surface area contributed by atoms with Crippen LogP contribution in [0.4, 0.5) is 0 Å². The third-order valence-corrected chi connectivity index (χ3v) is 6.53. The molecule has 0 saturated carbocycles. The van der Waals surface area contributed by atoms with Crippen LogP contribution in [-0.4, -0.2) is 29.1 Å². The van der Waals surface area contributed by atoms with Crippen LogP contribution in [0.2, 0.25) is 0 Å². The summed E-state index contributed by atoms with van der Waals surface area (Å²) < 4.78 is 0. The van der Waals surface area contributed by atoms with Gasteiger partial charge >= 0.3 is 0 Å². The Labute approximate surface area is 165 Å². The summed E-state index contributed by atoms with van der Waals surface area (Å²) >= 11 is 0. The summed E-state index contributed by atoms with van der Waals surface area (Å²) in [5, 5.41) is 11.0. The molecule has 1 fully saturated rings. The third-order valence-electron chi connectivity index (χ3n) is 6.53. The van der Waals surface area contributed by atoms with E-state index in [1.807, 2.05) is 0 Å². The smallest absolute Gasteiger partial charge is 0.0945 e. The summed E-state index contributed by atoms with van der Waals surface area (Å²) in [6, 6.07) is 13.5. The first-order valence-electron chi connectivity index (χ1n) is 10.4. The second-order valence-corrected chi connectivity index (χ2v) is 8.65. The highest BCUT2D eigenvalue weighted by atomic mass is 16.3. The minimum atomic E-state index is -0.419. The molecule has 2 aromatic carbocycles. The number of likely N-dealkylation sites (tertiary alicyclic amines) is 1. The van der Waals surface area contributed by atoms with E-state index >= 15 is 0 Å². The summed E-state index contributed by atoms with van der Waals surface area (Å²) in [5.41, 5.74) is 7.64. The molecule has 0 aliphatic carbocycles. The lowest BCUT2D eigenvalue weighted by Gasteiger charge is -2.38. The molecule has 2 aromatic rings. The topological polar surface area (TPSA) is 23.5 Å². The summed E-state index contributed by atoms with van der Waals surface area (Å²) in [6.45, 7) is 12.9. The Morgan fingerprint density at radius 2 is 1.52 bits per heavy atom. The number of aliphatic hydroxyl groups is 1. The van der Waals surface area contributed by atoms with E-state index < -0.39 is 6.10 Å². The first kappa shape index (κ1) is 20.1. The van der Waals surface area contributed by atoms with Crippen molar-refractivity contribution in [2.75, 3.05) is 13.1 Å². The van der Waals surface area contributed by atoms with E-state index in [2.05, 4.69) is 75.9 Å². The van der Waals surface area contributed by atoms with Crippen molar-refractivity contribution in [1.29, 1.82) is 0 Å². The molecule has 2 nitrogen and oxygen atoms in total. The highest BCUT2D eigenvalue weighted by molar-refractivity contribution is 5.38. The quantitative estimate of drug-likeness (QED) is 0.777. The van der Waals surface area contributed by atoms with E-state index in [0.29, 0.717) is 0 Å². The average Bonchev–Trinajstić information content (AvgIpc) is 2.66. The molecule has 2 atom stereocenters. The van der Waals surface area contributed by atoms with Gasteiger partial charge in [-0.15, -0.1) is 0 Å². The van der Waals surface area contributed by atoms with Gasteiger partial charge in [0.05, 0.1) is 6.10 Å². The number of hydrogen-bond donors (Lipinski definition) is 1. The maximum Gasteiger partial charge on any atom is 0.0945 e. The Hall–Kier alpha value is -1.64. The van der Waals surface area contributed by atoms with Gasteiger partial charge in [0.25, 0.3) is 0 Å². The summed E-state index contributed by atoms with van der Waals surface area (Å²) in [7, 11) is 0. The molecule has 0 spiro atoms. The van der Waals surface area contributed by atoms with Gasteiger partial charge in [-0.25, -0.2) is 0 Å². The fraction of sp³-hybridized carbons (Fsp3) is 0.520. The fourth-order valence-electron chi connectivity index (χ4n) is 4.38. The molecular formula is C25H35NO. The summed E-state index contributed by atoms with van der Waals surface area (Å²) in [5.74, 6) is 0.761. The Balaban J connectivity index is 1.58. The summed E-state index contributed by atoms with van der Waals surface area (Å²) in [4.78, 5) is 2.48.